The van der Waals surface area contributed by atoms with Crippen molar-refractivity contribution < 1.29 is 13.2 Å². The largest absolute Gasteiger partial charge is 0.325 e. The minimum absolute atomic E-state index is 0.192. The summed E-state index contributed by atoms with van der Waals surface area (Å²) in [6.45, 7) is 9.88. The fourth-order valence-corrected chi connectivity index (χ4v) is 6.19. The summed E-state index contributed by atoms with van der Waals surface area (Å²) in [5, 5.41) is 4.41. The van der Waals surface area contributed by atoms with Gasteiger partial charge in [0.2, 0.25) is 15.9 Å². The highest BCUT2D eigenvalue weighted by atomic mass is 32.2. The molecular weight excluding hydrogens is 402 g/mol. The molecule has 0 fully saturated rings. The fourth-order valence-electron chi connectivity index (χ4n) is 2.49. The van der Waals surface area contributed by atoms with Crippen LogP contribution in [0.2, 0.25) is 0 Å². The summed E-state index contributed by atoms with van der Waals surface area (Å²) in [5.74, 6) is -0.192. The standard InChI is InChI=1S/C18H25N3O3S3/c1-6-21(7-2)27(23,24)16-10-15(9-8-12(16)3)20-17(22)14(5)26-18-19-13(4)11-25-18/h8-11,14H,6-7H2,1-5H3,(H,20,22)/t14-/m0/s1. The third-order valence-corrected chi connectivity index (χ3v) is 8.41. The van der Waals surface area contributed by atoms with E-state index in [1.165, 1.54) is 33.5 Å². The van der Waals surface area contributed by atoms with Crippen LogP contribution in [-0.2, 0) is 14.8 Å². The number of aryl methyl sites for hydroxylation is 2. The summed E-state index contributed by atoms with van der Waals surface area (Å²) in [5.41, 5.74) is 2.06. The predicted octanol–water partition coefficient (Wildman–Crippen LogP) is 3.91. The van der Waals surface area contributed by atoms with Crippen molar-refractivity contribution in [2.24, 2.45) is 0 Å². The molecule has 0 unspecified atom stereocenters. The summed E-state index contributed by atoms with van der Waals surface area (Å²) < 4.78 is 27.9. The minimum atomic E-state index is -3.59. The van der Waals surface area contributed by atoms with Crippen LogP contribution in [0.25, 0.3) is 0 Å². The monoisotopic (exact) mass is 427 g/mol. The Labute approximate surface area is 169 Å². The summed E-state index contributed by atoms with van der Waals surface area (Å²) >= 11 is 2.89. The number of benzene rings is 1. The average Bonchev–Trinajstić information content (AvgIpc) is 3.02. The molecule has 0 aliphatic carbocycles. The quantitative estimate of drug-likeness (QED) is 0.646. The zero-order valence-electron chi connectivity index (χ0n) is 16.1. The topological polar surface area (TPSA) is 79.4 Å². The Morgan fingerprint density at radius 1 is 1.30 bits per heavy atom. The fraction of sp³-hybridized carbons (Fsp3) is 0.444. The summed E-state index contributed by atoms with van der Waals surface area (Å²) in [4.78, 5) is 17.1. The molecule has 1 heterocycles. The van der Waals surface area contributed by atoms with Gasteiger partial charge in [-0.1, -0.05) is 31.7 Å². The van der Waals surface area contributed by atoms with Crippen molar-refractivity contribution in [2.45, 2.75) is 49.1 Å². The van der Waals surface area contributed by atoms with E-state index in [4.69, 9.17) is 0 Å². The summed E-state index contributed by atoms with van der Waals surface area (Å²) in [6.07, 6.45) is 0. The molecule has 1 atom stereocenters. The second-order valence-corrected chi connectivity index (χ2v) is 10.4. The zero-order chi connectivity index (χ0) is 20.2. The Morgan fingerprint density at radius 3 is 2.52 bits per heavy atom. The summed E-state index contributed by atoms with van der Waals surface area (Å²) in [6, 6.07) is 4.97. The number of sulfonamides is 1. The molecule has 0 saturated heterocycles. The molecule has 1 aromatic heterocycles. The van der Waals surface area contributed by atoms with Crippen molar-refractivity contribution in [3.05, 3.63) is 34.8 Å². The average molecular weight is 428 g/mol. The molecule has 0 radical (unpaired) electrons. The summed E-state index contributed by atoms with van der Waals surface area (Å²) in [7, 11) is -3.59. The third kappa shape index (κ3) is 5.31. The SMILES string of the molecule is CCN(CC)S(=O)(=O)c1cc(NC(=O)[C@H](C)Sc2nc(C)cs2)ccc1C. The van der Waals surface area contributed by atoms with Crippen molar-refractivity contribution in [3.63, 3.8) is 0 Å². The van der Waals surface area contributed by atoms with Crippen LogP contribution in [0, 0.1) is 13.8 Å². The first-order chi connectivity index (χ1) is 12.7. The first-order valence-corrected chi connectivity index (χ1v) is 11.9. The lowest BCUT2D eigenvalue weighted by Crippen LogP contribution is -2.31. The lowest BCUT2D eigenvalue weighted by Gasteiger charge is -2.20. The Hall–Kier alpha value is -1.42. The molecule has 0 bridgehead atoms. The van der Waals surface area contributed by atoms with Crippen molar-refractivity contribution >= 4 is 44.7 Å². The normalized spacial score (nSPS) is 13.0. The Kier molecular flexibility index (Phi) is 7.44. The van der Waals surface area contributed by atoms with Gasteiger partial charge in [-0.05, 0) is 38.5 Å². The number of hydrogen-bond donors (Lipinski definition) is 1. The first kappa shape index (κ1) is 21.9. The number of carbonyl (C=O) groups excluding carboxylic acids is 1. The van der Waals surface area contributed by atoms with Crippen LogP contribution < -0.4 is 5.32 Å². The Bertz CT molecular complexity index is 906. The van der Waals surface area contributed by atoms with Crippen molar-refractivity contribution in [3.8, 4) is 0 Å². The van der Waals surface area contributed by atoms with E-state index in [9.17, 15) is 13.2 Å². The van der Waals surface area contributed by atoms with Crippen molar-refractivity contribution in [1.29, 1.82) is 0 Å². The predicted molar refractivity (Wildman–Crippen MR) is 112 cm³/mol. The number of nitrogens with one attached hydrogen (secondary N) is 1. The Morgan fingerprint density at radius 2 is 1.96 bits per heavy atom. The van der Waals surface area contributed by atoms with Crippen LogP contribution in [0.1, 0.15) is 32.0 Å². The Balaban J connectivity index is 2.18. The van der Waals surface area contributed by atoms with Crippen LogP contribution in [-0.4, -0.2) is 42.0 Å². The number of rotatable bonds is 8. The van der Waals surface area contributed by atoms with Gasteiger partial charge in [0.15, 0.2) is 4.34 Å². The molecule has 2 aromatic rings. The van der Waals surface area contributed by atoms with Gasteiger partial charge >= 0.3 is 0 Å². The van der Waals surface area contributed by atoms with Gasteiger partial charge in [0, 0.05) is 29.9 Å². The number of amides is 1. The van der Waals surface area contributed by atoms with Gasteiger partial charge in [-0.15, -0.1) is 11.3 Å². The van der Waals surface area contributed by atoms with Crippen LogP contribution in [0.3, 0.4) is 0 Å². The highest BCUT2D eigenvalue weighted by Gasteiger charge is 2.24. The number of hydrogen-bond acceptors (Lipinski definition) is 6. The first-order valence-electron chi connectivity index (χ1n) is 8.69. The molecule has 148 valence electrons. The maximum atomic E-state index is 12.8. The number of carbonyl (C=O) groups is 1. The molecule has 2 rings (SSSR count). The van der Waals surface area contributed by atoms with Crippen molar-refractivity contribution in [2.75, 3.05) is 18.4 Å². The highest BCUT2D eigenvalue weighted by molar-refractivity contribution is 8.02. The number of nitrogens with zero attached hydrogens (tertiary/aromatic N) is 2. The van der Waals surface area contributed by atoms with E-state index in [1.54, 1.807) is 39.8 Å². The number of aromatic nitrogens is 1. The van der Waals surface area contributed by atoms with Gasteiger partial charge in [-0.25, -0.2) is 13.4 Å². The van der Waals surface area contributed by atoms with Crippen LogP contribution >= 0.6 is 23.1 Å². The van der Waals surface area contributed by atoms with E-state index in [2.05, 4.69) is 10.3 Å². The van der Waals surface area contributed by atoms with E-state index in [-0.39, 0.29) is 16.1 Å². The molecule has 1 amide bonds. The maximum Gasteiger partial charge on any atom is 0.243 e. The molecule has 1 N–H and O–H groups in total. The highest BCUT2D eigenvalue weighted by Crippen LogP contribution is 2.28. The van der Waals surface area contributed by atoms with Gasteiger partial charge in [-0.3, -0.25) is 4.79 Å². The van der Waals surface area contributed by atoms with E-state index < -0.39 is 10.0 Å². The molecule has 1 aromatic carbocycles. The molecule has 0 saturated carbocycles. The van der Waals surface area contributed by atoms with Crippen LogP contribution in [0.5, 0.6) is 0 Å². The van der Waals surface area contributed by atoms with Crippen LogP contribution in [0.15, 0.2) is 32.8 Å². The second-order valence-electron chi connectivity index (χ2n) is 6.07. The van der Waals surface area contributed by atoms with Gasteiger partial charge in [0.25, 0.3) is 0 Å². The maximum absolute atomic E-state index is 12.8. The van der Waals surface area contributed by atoms with E-state index >= 15 is 0 Å². The lowest BCUT2D eigenvalue weighted by molar-refractivity contribution is -0.115. The number of thioether (sulfide) groups is 1. The van der Waals surface area contributed by atoms with Gasteiger partial charge in [0.05, 0.1) is 10.1 Å². The van der Waals surface area contributed by atoms with Gasteiger partial charge in [0.1, 0.15) is 0 Å². The lowest BCUT2D eigenvalue weighted by atomic mass is 10.2. The van der Waals surface area contributed by atoms with Gasteiger partial charge < -0.3 is 5.32 Å². The molecule has 6 nitrogen and oxygen atoms in total. The zero-order valence-corrected chi connectivity index (χ0v) is 18.6. The molecule has 0 aliphatic heterocycles. The van der Waals surface area contributed by atoms with Crippen LogP contribution in [0.4, 0.5) is 5.69 Å². The molecule has 27 heavy (non-hydrogen) atoms. The molecule has 9 heteroatoms. The van der Waals surface area contributed by atoms with E-state index in [1.807, 2.05) is 12.3 Å². The molecule has 0 aliphatic rings. The van der Waals surface area contributed by atoms with Gasteiger partial charge in [-0.2, -0.15) is 4.31 Å². The minimum Gasteiger partial charge on any atom is -0.325 e. The second kappa shape index (κ2) is 9.18. The molecular formula is C18H25N3O3S3. The number of anilines is 1. The molecule has 0 spiro atoms. The van der Waals surface area contributed by atoms with E-state index in [0.29, 0.717) is 24.3 Å². The van der Waals surface area contributed by atoms with E-state index in [0.717, 1.165) is 10.0 Å². The smallest absolute Gasteiger partial charge is 0.243 e. The van der Waals surface area contributed by atoms with Crippen molar-refractivity contribution in [1.82, 2.24) is 9.29 Å². The third-order valence-electron chi connectivity index (χ3n) is 4.02. The number of thiazole rings is 1.